The number of carbonyl (C=O) groups is 2. The van der Waals surface area contributed by atoms with Crippen LogP contribution in [0.4, 0.5) is 5.95 Å². The molecule has 0 spiro atoms. The number of anilines is 1. The van der Waals surface area contributed by atoms with Gasteiger partial charge in [0.25, 0.3) is 0 Å². The first kappa shape index (κ1) is 19.5. The van der Waals surface area contributed by atoms with E-state index in [1.165, 1.54) is 6.20 Å². The van der Waals surface area contributed by atoms with Gasteiger partial charge in [-0.3, -0.25) is 14.9 Å². The first-order valence-electron chi connectivity index (χ1n) is 9.43. The topological polar surface area (TPSA) is 72.0 Å². The van der Waals surface area contributed by atoms with E-state index in [1.54, 1.807) is 0 Å². The van der Waals surface area contributed by atoms with E-state index in [-0.39, 0.29) is 29.5 Å². The van der Waals surface area contributed by atoms with E-state index in [0.717, 1.165) is 24.8 Å². The van der Waals surface area contributed by atoms with Crippen molar-refractivity contribution >= 4 is 29.2 Å². The fraction of sp³-hybridized carbons (Fsp3) is 0.429. The van der Waals surface area contributed by atoms with Crippen molar-refractivity contribution in [3.8, 4) is 0 Å². The normalized spacial score (nSPS) is 17.3. The summed E-state index contributed by atoms with van der Waals surface area (Å²) in [6, 6.07) is 7.57. The van der Waals surface area contributed by atoms with Crippen LogP contribution in [0.5, 0.6) is 0 Å². The maximum atomic E-state index is 12.5. The van der Waals surface area contributed by atoms with E-state index in [2.05, 4.69) is 22.2 Å². The zero-order chi connectivity index (χ0) is 19.4. The highest BCUT2D eigenvalue weighted by Crippen LogP contribution is 2.32. The molecule has 0 bridgehead atoms. The summed E-state index contributed by atoms with van der Waals surface area (Å²) in [6.45, 7) is 4.01. The summed E-state index contributed by atoms with van der Waals surface area (Å²) in [6.07, 6.45) is 5.51. The highest BCUT2D eigenvalue weighted by atomic mass is 35.5. The third-order valence-electron chi connectivity index (χ3n) is 5.05. The van der Waals surface area contributed by atoms with E-state index < -0.39 is 0 Å². The molecule has 1 heterocycles. The van der Waals surface area contributed by atoms with Crippen molar-refractivity contribution < 1.29 is 9.59 Å². The van der Waals surface area contributed by atoms with Crippen LogP contribution in [0, 0.1) is 5.92 Å². The molecule has 0 radical (unpaired) electrons. The Labute approximate surface area is 164 Å². The van der Waals surface area contributed by atoms with Crippen molar-refractivity contribution in [2.45, 2.75) is 51.9 Å². The highest BCUT2D eigenvalue weighted by Gasteiger charge is 2.28. The zero-order valence-electron chi connectivity index (χ0n) is 15.7. The largest absolute Gasteiger partial charge is 0.294 e. The quantitative estimate of drug-likeness (QED) is 0.774. The van der Waals surface area contributed by atoms with Crippen molar-refractivity contribution in [2.24, 2.45) is 5.92 Å². The Morgan fingerprint density at radius 2 is 2.04 bits per heavy atom. The Bertz CT molecular complexity index is 836. The second kappa shape index (κ2) is 8.61. The van der Waals surface area contributed by atoms with E-state index in [1.807, 2.05) is 31.2 Å². The van der Waals surface area contributed by atoms with Gasteiger partial charge in [0.2, 0.25) is 11.9 Å². The van der Waals surface area contributed by atoms with Gasteiger partial charge in [0.1, 0.15) is 0 Å². The van der Waals surface area contributed by atoms with Gasteiger partial charge in [-0.1, -0.05) is 50.4 Å². The summed E-state index contributed by atoms with van der Waals surface area (Å²) in [4.78, 5) is 33.4. The number of rotatable bonds is 6. The van der Waals surface area contributed by atoms with Gasteiger partial charge in [-0.05, 0) is 36.5 Å². The second-order valence-electron chi connectivity index (χ2n) is 7.17. The van der Waals surface area contributed by atoms with Crippen molar-refractivity contribution in [1.82, 2.24) is 9.97 Å². The Morgan fingerprint density at radius 3 is 2.74 bits per heavy atom. The molecule has 1 aliphatic rings. The summed E-state index contributed by atoms with van der Waals surface area (Å²) in [5.41, 5.74) is 2.31. The molecule has 1 aromatic heterocycles. The van der Waals surface area contributed by atoms with Crippen molar-refractivity contribution in [3.05, 3.63) is 52.3 Å². The van der Waals surface area contributed by atoms with Crippen LogP contribution in [0.2, 0.25) is 5.02 Å². The fourth-order valence-corrected chi connectivity index (χ4v) is 3.48. The van der Waals surface area contributed by atoms with Gasteiger partial charge in [-0.25, -0.2) is 9.97 Å². The van der Waals surface area contributed by atoms with Gasteiger partial charge in [0.15, 0.2) is 5.78 Å². The van der Waals surface area contributed by atoms with Gasteiger partial charge in [-0.15, -0.1) is 0 Å². The van der Waals surface area contributed by atoms with Crippen LogP contribution in [-0.4, -0.2) is 21.7 Å². The third-order valence-corrected chi connectivity index (χ3v) is 5.31. The number of benzene rings is 1. The van der Waals surface area contributed by atoms with Crippen LogP contribution < -0.4 is 5.32 Å². The second-order valence-corrected chi connectivity index (χ2v) is 7.60. The molecular weight excluding hydrogens is 362 g/mol. The maximum Gasteiger partial charge on any atom is 0.229 e. The molecule has 0 aliphatic heterocycles. The van der Waals surface area contributed by atoms with Crippen LogP contribution >= 0.6 is 11.6 Å². The molecule has 2 atom stereocenters. The average Bonchev–Trinajstić information content (AvgIpc) is 2.66. The Kier molecular flexibility index (Phi) is 6.22. The number of hydrogen-bond donors (Lipinski definition) is 1. The number of nitrogens with zero attached hydrogens (tertiary/aromatic N) is 2. The molecule has 6 heteroatoms. The maximum absolute atomic E-state index is 12.5. The van der Waals surface area contributed by atoms with E-state index in [0.29, 0.717) is 29.1 Å². The molecular formula is C21H24ClN3O2. The zero-order valence-corrected chi connectivity index (χ0v) is 16.4. The van der Waals surface area contributed by atoms with E-state index >= 15 is 0 Å². The Morgan fingerprint density at radius 1 is 1.30 bits per heavy atom. The van der Waals surface area contributed by atoms with E-state index in [9.17, 15) is 9.59 Å². The number of fused-ring (bicyclic) bond motifs is 1. The lowest BCUT2D eigenvalue weighted by Crippen LogP contribution is -2.24. The highest BCUT2D eigenvalue weighted by molar-refractivity contribution is 6.30. The predicted molar refractivity (Wildman–Crippen MR) is 106 cm³/mol. The molecule has 1 aliphatic carbocycles. The Hall–Kier alpha value is -2.27. The summed E-state index contributed by atoms with van der Waals surface area (Å²) in [7, 11) is 0. The average molecular weight is 386 g/mol. The standard InChI is InChI=1S/C21H24ClN3O2/c1-3-4-5-13(2)20(27)25-21-23-12-17-18(24-21)10-15(11-19(17)26)14-6-8-16(22)9-7-14/h6-9,12-13,15H,3-5,10-11H2,1-2H3,(H,23,24,25,27)/t13-,15-/m0/s1. The predicted octanol–water partition coefficient (Wildman–Crippen LogP) is 4.81. The lowest BCUT2D eigenvalue weighted by molar-refractivity contribution is -0.119. The summed E-state index contributed by atoms with van der Waals surface area (Å²) >= 11 is 5.96. The molecule has 1 N–H and O–H groups in total. The first-order valence-corrected chi connectivity index (χ1v) is 9.81. The van der Waals surface area contributed by atoms with Gasteiger partial charge in [0.05, 0.1) is 11.3 Å². The van der Waals surface area contributed by atoms with Crippen molar-refractivity contribution in [2.75, 3.05) is 5.32 Å². The molecule has 5 nitrogen and oxygen atoms in total. The van der Waals surface area contributed by atoms with Crippen LogP contribution in [0.3, 0.4) is 0 Å². The number of ketones is 1. The fourth-order valence-electron chi connectivity index (χ4n) is 3.35. The van der Waals surface area contributed by atoms with Crippen LogP contribution in [-0.2, 0) is 11.2 Å². The Balaban J connectivity index is 1.75. The minimum absolute atomic E-state index is 0.0328. The SMILES string of the molecule is CCCC[C@H](C)C(=O)Nc1ncc2c(n1)C[C@H](c1ccc(Cl)cc1)CC2=O. The van der Waals surface area contributed by atoms with Crippen molar-refractivity contribution in [3.63, 3.8) is 0 Å². The number of halogens is 1. The molecule has 0 unspecified atom stereocenters. The summed E-state index contributed by atoms with van der Waals surface area (Å²) < 4.78 is 0. The molecule has 1 aromatic carbocycles. The lowest BCUT2D eigenvalue weighted by atomic mass is 9.82. The van der Waals surface area contributed by atoms with Crippen LogP contribution in [0.15, 0.2) is 30.5 Å². The number of nitrogens with one attached hydrogen (secondary N) is 1. The number of Topliss-reactive ketones (excluding diaryl/α,β-unsaturated/α-hetero) is 1. The molecule has 27 heavy (non-hydrogen) atoms. The number of aromatic nitrogens is 2. The van der Waals surface area contributed by atoms with Crippen LogP contribution in [0.1, 0.15) is 67.1 Å². The smallest absolute Gasteiger partial charge is 0.229 e. The number of carbonyl (C=O) groups excluding carboxylic acids is 2. The first-order chi connectivity index (χ1) is 13.0. The molecule has 0 fully saturated rings. The molecule has 142 valence electrons. The molecule has 3 rings (SSSR count). The van der Waals surface area contributed by atoms with Gasteiger partial charge >= 0.3 is 0 Å². The van der Waals surface area contributed by atoms with Gasteiger partial charge in [0, 0.05) is 23.6 Å². The number of unbranched alkanes of at least 4 members (excludes halogenated alkanes) is 1. The molecule has 1 amide bonds. The van der Waals surface area contributed by atoms with Crippen LogP contribution in [0.25, 0.3) is 0 Å². The summed E-state index contributed by atoms with van der Waals surface area (Å²) in [5.74, 6) is 0.189. The number of hydrogen-bond acceptors (Lipinski definition) is 4. The minimum Gasteiger partial charge on any atom is -0.294 e. The summed E-state index contributed by atoms with van der Waals surface area (Å²) in [5, 5.41) is 3.46. The number of amides is 1. The molecule has 2 aromatic rings. The lowest BCUT2D eigenvalue weighted by Gasteiger charge is -2.23. The van der Waals surface area contributed by atoms with E-state index in [4.69, 9.17) is 11.6 Å². The monoisotopic (exact) mass is 385 g/mol. The third kappa shape index (κ3) is 4.72. The van der Waals surface area contributed by atoms with Gasteiger partial charge in [-0.2, -0.15) is 0 Å². The molecule has 0 saturated heterocycles. The minimum atomic E-state index is -0.0898. The molecule has 0 saturated carbocycles. The van der Waals surface area contributed by atoms with Crippen molar-refractivity contribution in [1.29, 1.82) is 0 Å². The van der Waals surface area contributed by atoms with Gasteiger partial charge < -0.3 is 0 Å².